The Morgan fingerprint density at radius 1 is 0.786 bits per heavy atom. The van der Waals surface area contributed by atoms with E-state index in [-0.39, 0.29) is 18.6 Å². The second-order valence-electron chi connectivity index (χ2n) is 7.57. The number of carbonyl (C=O) groups is 2. The van der Waals surface area contributed by atoms with E-state index in [2.05, 4.69) is 6.92 Å². The third-order valence-corrected chi connectivity index (χ3v) is 5.10. The van der Waals surface area contributed by atoms with E-state index in [1.807, 2.05) is 0 Å². The van der Waals surface area contributed by atoms with Gasteiger partial charge in [-0.2, -0.15) is 0 Å². The summed E-state index contributed by atoms with van der Waals surface area (Å²) in [6, 6.07) is 6.63. The van der Waals surface area contributed by atoms with Crippen LogP contribution in [-0.2, 0) is 16.1 Å². The van der Waals surface area contributed by atoms with Gasteiger partial charge in [0.15, 0.2) is 0 Å². The first kappa shape index (κ1) is 24.4. The van der Waals surface area contributed by atoms with Gasteiger partial charge in [-0.25, -0.2) is 4.79 Å². The molecule has 0 aliphatic rings. The van der Waals surface area contributed by atoms with Gasteiger partial charge in [-0.1, -0.05) is 102 Å². The predicted molar refractivity (Wildman–Crippen MR) is 113 cm³/mol. The molecule has 1 rings (SSSR count). The van der Waals surface area contributed by atoms with Gasteiger partial charge >= 0.3 is 11.9 Å². The minimum absolute atomic E-state index is 0.252. The van der Waals surface area contributed by atoms with Gasteiger partial charge in [0.2, 0.25) is 0 Å². The standard InChI is InChI=1S/C24H38O4/c1-2-3-4-5-6-7-8-9-10-11-12-13-14-19-23(26)28-24(27)22-18-16-15-17-21(22)20-25/h15-18,25H,2-14,19-20H2,1H3. The zero-order valence-electron chi connectivity index (χ0n) is 17.6. The van der Waals surface area contributed by atoms with Crippen molar-refractivity contribution in [3.05, 3.63) is 35.4 Å². The Morgan fingerprint density at radius 2 is 1.29 bits per heavy atom. The van der Waals surface area contributed by atoms with Crippen molar-refractivity contribution in [2.24, 2.45) is 0 Å². The first-order valence-electron chi connectivity index (χ1n) is 11.1. The van der Waals surface area contributed by atoms with E-state index in [0.29, 0.717) is 5.56 Å². The van der Waals surface area contributed by atoms with Gasteiger partial charge < -0.3 is 9.84 Å². The van der Waals surface area contributed by atoms with Crippen LogP contribution in [0.25, 0.3) is 0 Å². The minimum atomic E-state index is -0.677. The molecule has 0 radical (unpaired) electrons. The number of hydrogen-bond donors (Lipinski definition) is 1. The second kappa shape index (κ2) is 16.3. The molecule has 0 saturated heterocycles. The lowest BCUT2D eigenvalue weighted by molar-refractivity contribution is -0.138. The van der Waals surface area contributed by atoms with Crippen molar-refractivity contribution in [3.63, 3.8) is 0 Å². The van der Waals surface area contributed by atoms with Crippen molar-refractivity contribution in [1.29, 1.82) is 0 Å². The number of ether oxygens (including phenoxy) is 1. The summed E-state index contributed by atoms with van der Waals surface area (Å²) >= 11 is 0. The normalized spacial score (nSPS) is 10.8. The predicted octanol–water partition coefficient (Wildman–Crippen LogP) is 6.34. The van der Waals surface area contributed by atoms with E-state index < -0.39 is 11.9 Å². The summed E-state index contributed by atoms with van der Waals surface area (Å²) in [7, 11) is 0. The van der Waals surface area contributed by atoms with Crippen molar-refractivity contribution in [2.75, 3.05) is 0 Å². The van der Waals surface area contributed by atoms with Crippen molar-refractivity contribution >= 4 is 11.9 Å². The summed E-state index contributed by atoms with van der Waals surface area (Å²) in [6.45, 7) is 2.00. The molecule has 0 heterocycles. The fourth-order valence-corrected chi connectivity index (χ4v) is 3.35. The molecule has 0 aliphatic carbocycles. The number of hydrogen-bond acceptors (Lipinski definition) is 4. The third-order valence-electron chi connectivity index (χ3n) is 5.10. The molecule has 0 fully saturated rings. The van der Waals surface area contributed by atoms with Gasteiger partial charge in [0.05, 0.1) is 12.2 Å². The maximum atomic E-state index is 12.0. The Morgan fingerprint density at radius 3 is 1.82 bits per heavy atom. The molecular formula is C24H38O4. The Labute approximate surface area is 170 Å². The first-order chi connectivity index (χ1) is 13.7. The highest BCUT2D eigenvalue weighted by atomic mass is 16.6. The monoisotopic (exact) mass is 390 g/mol. The number of carbonyl (C=O) groups excluding carboxylic acids is 2. The summed E-state index contributed by atoms with van der Waals surface area (Å²) < 4.78 is 4.90. The molecule has 0 amide bonds. The van der Waals surface area contributed by atoms with E-state index >= 15 is 0 Å². The lowest BCUT2D eigenvalue weighted by Crippen LogP contribution is -2.14. The zero-order valence-corrected chi connectivity index (χ0v) is 17.6. The molecular weight excluding hydrogens is 352 g/mol. The van der Waals surface area contributed by atoms with Crippen LogP contribution in [0.15, 0.2) is 24.3 Å². The molecule has 1 aromatic carbocycles. The van der Waals surface area contributed by atoms with Gasteiger partial charge in [0.1, 0.15) is 0 Å². The molecule has 1 aromatic rings. The van der Waals surface area contributed by atoms with Gasteiger partial charge in [-0.05, 0) is 18.1 Å². The summed E-state index contributed by atoms with van der Waals surface area (Å²) in [6.07, 6.45) is 16.5. The van der Waals surface area contributed by atoms with Gasteiger partial charge in [-0.3, -0.25) is 4.79 Å². The van der Waals surface area contributed by atoms with Crippen LogP contribution in [0.5, 0.6) is 0 Å². The van der Waals surface area contributed by atoms with E-state index in [4.69, 9.17) is 4.74 Å². The molecule has 158 valence electrons. The van der Waals surface area contributed by atoms with E-state index in [1.54, 1.807) is 24.3 Å². The largest absolute Gasteiger partial charge is 0.392 e. The Bertz CT molecular complexity index is 553. The minimum Gasteiger partial charge on any atom is -0.392 e. The van der Waals surface area contributed by atoms with Crippen molar-refractivity contribution in [2.45, 2.75) is 103 Å². The topological polar surface area (TPSA) is 63.6 Å². The highest BCUT2D eigenvalue weighted by Gasteiger charge is 2.15. The average Bonchev–Trinajstić information content (AvgIpc) is 2.71. The van der Waals surface area contributed by atoms with Crippen molar-refractivity contribution in [3.8, 4) is 0 Å². The number of unbranched alkanes of at least 4 members (excludes halogenated alkanes) is 12. The zero-order chi connectivity index (χ0) is 20.5. The van der Waals surface area contributed by atoms with Gasteiger partial charge in [-0.15, -0.1) is 0 Å². The number of aliphatic hydroxyl groups excluding tert-OH is 1. The van der Waals surface area contributed by atoms with Crippen LogP contribution in [0, 0.1) is 0 Å². The van der Waals surface area contributed by atoms with Crippen molar-refractivity contribution < 1.29 is 19.4 Å². The quantitative estimate of drug-likeness (QED) is 0.203. The van der Waals surface area contributed by atoms with E-state index in [1.165, 1.54) is 64.2 Å². The molecule has 4 heteroatoms. The Kier molecular flexibility index (Phi) is 14.2. The summed E-state index contributed by atoms with van der Waals surface area (Å²) in [4.78, 5) is 23.8. The summed E-state index contributed by atoms with van der Waals surface area (Å²) in [5.74, 6) is -1.16. The number of benzene rings is 1. The summed E-state index contributed by atoms with van der Waals surface area (Å²) in [5, 5.41) is 9.24. The maximum Gasteiger partial charge on any atom is 0.346 e. The number of esters is 2. The van der Waals surface area contributed by atoms with Crippen LogP contribution in [0.4, 0.5) is 0 Å². The lowest BCUT2D eigenvalue weighted by Gasteiger charge is -2.06. The molecule has 4 nitrogen and oxygen atoms in total. The molecule has 0 saturated carbocycles. The Hall–Kier alpha value is -1.68. The SMILES string of the molecule is CCCCCCCCCCCCCCCC(=O)OC(=O)c1ccccc1CO. The van der Waals surface area contributed by atoms with E-state index in [9.17, 15) is 14.7 Å². The highest BCUT2D eigenvalue weighted by molar-refractivity contribution is 5.97. The second-order valence-corrected chi connectivity index (χ2v) is 7.57. The molecule has 0 atom stereocenters. The molecule has 28 heavy (non-hydrogen) atoms. The highest BCUT2D eigenvalue weighted by Crippen LogP contribution is 2.14. The maximum absolute atomic E-state index is 12.0. The molecule has 0 spiro atoms. The van der Waals surface area contributed by atoms with Crippen LogP contribution in [0.2, 0.25) is 0 Å². The van der Waals surface area contributed by atoms with Crippen LogP contribution in [0.3, 0.4) is 0 Å². The van der Waals surface area contributed by atoms with E-state index in [0.717, 1.165) is 19.3 Å². The van der Waals surface area contributed by atoms with Gasteiger partial charge in [0, 0.05) is 6.42 Å². The first-order valence-corrected chi connectivity index (χ1v) is 11.1. The smallest absolute Gasteiger partial charge is 0.346 e. The average molecular weight is 391 g/mol. The van der Waals surface area contributed by atoms with Crippen LogP contribution in [-0.4, -0.2) is 17.0 Å². The van der Waals surface area contributed by atoms with Gasteiger partial charge in [0.25, 0.3) is 0 Å². The molecule has 0 aliphatic heterocycles. The number of aliphatic hydroxyl groups is 1. The van der Waals surface area contributed by atoms with Crippen LogP contribution in [0.1, 0.15) is 113 Å². The van der Waals surface area contributed by atoms with Crippen LogP contribution < -0.4 is 0 Å². The molecule has 0 unspecified atom stereocenters. The van der Waals surface area contributed by atoms with Crippen LogP contribution >= 0.6 is 0 Å². The third kappa shape index (κ3) is 11.2. The molecule has 1 N–H and O–H groups in total. The summed E-state index contributed by atoms with van der Waals surface area (Å²) in [5.41, 5.74) is 0.727. The number of rotatable bonds is 16. The Balaban J connectivity index is 1.99. The molecule has 0 aromatic heterocycles. The fraction of sp³-hybridized carbons (Fsp3) is 0.667. The molecule has 0 bridgehead atoms. The lowest BCUT2D eigenvalue weighted by atomic mass is 10.0. The fourth-order valence-electron chi connectivity index (χ4n) is 3.35. The van der Waals surface area contributed by atoms with Crippen molar-refractivity contribution in [1.82, 2.24) is 0 Å².